The molecule has 8 nitrogen and oxygen atoms in total. The Morgan fingerprint density at radius 1 is 0.500 bits per heavy atom. The van der Waals surface area contributed by atoms with Crippen LogP contribution >= 0.6 is 7.82 Å². The van der Waals surface area contributed by atoms with E-state index in [0.29, 0.717) is 24.1 Å². The fourth-order valence-electron chi connectivity index (χ4n) is 7.24. The molecule has 356 valence electrons. The Morgan fingerprint density at radius 3 is 1.30 bits per heavy atom. The van der Waals surface area contributed by atoms with Crippen molar-refractivity contribution >= 4 is 13.8 Å². The number of quaternary nitrogens is 1. The van der Waals surface area contributed by atoms with Gasteiger partial charge >= 0.3 is 5.97 Å². The molecule has 0 N–H and O–H groups in total. The normalized spacial score (nSPS) is 13.8. The van der Waals surface area contributed by atoms with E-state index in [0.717, 1.165) is 44.9 Å². The van der Waals surface area contributed by atoms with Crippen LogP contribution in [0.2, 0.25) is 0 Å². The topological polar surface area (TPSA) is 94.1 Å². The van der Waals surface area contributed by atoms with Gasteiger partial charge in [-0.15, -0.1) is 0 Å². The van der Waals surface area contributed by atoms with Gasteiger partial charge in [0.1, 0.15) is 19.3 Å². The molecule has 0 fully saturated rings. The summed E-state index contributed by atoms with van der Waals surface area (Å²) in [5, 5.41) is 0. The van der Waals surface area contributed by atoms with Crippen LogP contribution in [0.25, 0.3) is 0 Å². The van der Waals surface area contributed by atoms with Crippen molar-refractivity contribution in [1.29, 1.82) is 0 Å². The summed E-state index contributed by atoms with van der Waals surface area (Å²) in [7, 11) is 1.36. The molecule has 2 unspecified atom stereocenters. The van der Waals surface area contributed by atoms with Crippen molar-refractivity contribution in [3.8, 4) is 0 Å². The number of carbonyl (C=O) groups is 1. The molecular weight excluding hydrogens is 770 g/mol. The zero-order chi connectivity index (χ0) is 44.1. The SMILES string of the molecule is CCCCC/C=C\CCCCCCCC(=O)OC(COCCCCCCCCCCCCCCCC/C=C\CCCCCCCCCC)COP(=O)([O-])OCC[N+](C)(C)C. The predicted octanol–water partition coefficient (Wildman–Crippen LogP) is 14.9. The lowest BCUT2D eigenvalue weighted by molar-refractivity contribution is -0.870. The number of phosphoric acid groups is 1. The van der Waals surface area contributed by atoms with Gasteiger partial charge in [-0.3, -0.25) is 9.36 Å². The first-order chi connectivity index (χ1) is 29.1. The molecule has 0 spiro atoms. The van der Waals surface area contributed by atoms with Crippen LogP contribution in [0.4, 0.5) is 0 Å². The maximum Gasteiger partial charge on any atom is 0.306 e. The molecule has 2 atom stereocenters. The fraction of sp³-hybridized carbons (Fsp3) is 0.902. The quantitative estimate of drug-likeness (QED) is 0.0198. The maximum atomic E-state index is 12.7. The van der Waals surface area contributed by atoms with E-state index in [4.69, 9.17) is 18.5 Å². The molecule has 0 rings (SSSR count). The molecule has 0 radical (unpaired) electrons. The Kier molecular flexibility index (Phi) is 43.8. The van der Waals surface area contributed by atoms with Crippen molar-refractivity contribution in [3.05, 3.63) is 24.3 Å². The Bertz CT molecular complexity index is 1010. The van der Waals surface area contributed by atoms with E-state index in [1.807, 2.05) is 21.1 Å². The Hall–Kier alpha value is -1.02. The van der Waals surface area contributed by atoms with Gasteiger partial charge in [-0.25, -0.2) is 0 Å². The first-order valence-corrected chi connectivity index (χ1v) is 27.0. The summed E-state index contributed by atoms with van der Waals surface area (Å²) in [4.78, 5) is 25.1. The number of allylic oxidation sites excluding steroid dienone is 4. The maximum absolute atomic E-state index is 12.7. The van der Waals surface area contributed by atoms with Crippen LogP contribution in [0.1, 0.15) is 239 Å². The van der Waals surface area contributed by atoms with Gasteiger partial charge in [0, 0.05) is 13.0 Å². The number of esters is 1. The number of nitrogens with zero attached hydrogens (tertiary/aromatic N) is 1. The minimum absolute atomic E-state index is 0.0263. The third kappa shape index (κ3) is 48.0. The van der Waals surface area contributed by atoms with E-state index in [1.165, 1.54) is 173 Å². The van der Waals surface area contributed by atoms with Crippen LogP contribution in [-0.2, 0) is 27.9 Å². The molecule has 0 aromatic carbocycles. The minimum Gasteiger partial charge on any atom is -0.756 e. The molecule has 9 heteroatoms. The van der Waals surface area contributed by atoms with Crippen LogP contribution in [0.5, 0.6) is 0 Å². The Balaban J connectivity index is 4.00. The molecule has 0 saturated carbocycles. The predicted molar refractivity (Wildman–Crippen MR) is 254 cm³/mol. The van der Waals surface area contributed by atoms with Crippen LogP contribution in [0.3, 0.4) is 0 Å². The lowest BCUT2D eigenvalue weighted by Crippen LogP contribution is -2.37. The standard InChI is InChI=1S/C51H100NO7P/c1-6-8-10-12-14-16-18-20-21-22-23-24-25-26-27-28-29-30-31-32-33-35-37-39-41-43-46-56-48-50(49-58-60(54,55)57-47-45-52(3,4)5)59-51(53)44-42-40-38-36-34-19-17-15-13-11-9-7-2/h15,17,22-23,50H,6-14,16,18-21,24-49H2,1-5H3/b17-15-,23-22-. The van der Waals surface area contributed by atoms with Crippen LogP contribution in [0.15, 0.2) is 24.3 Å². The van der Waals surface area contributed by atoms with Crippen LogP contribution < -0.4 is 4.89 Å². The molecule has 0 heterocycles. The van der Waals surface area contributed by atoms with Gasteiger partial charge in [0.2, 0.25) is 0 Å². The van der Waals surface area contributed by atoms with Crippen molar-refractivity contribution in [2.45, 2.75) is 245 Å². The number of carbonyl (C=O) groups excluding carboxylic acids is 1. The highest BCUT2D eigenvalue weighted by Crippen LogP contribution is 2.38. The molecule has 0 aliphatic carbocycles. The van der Waals surface area contributed by atoms with Crippen molar-refractivity contribution < 1.29 is 37.3 Å². The van der Waals surface area contributed by atoms with E-state index >= 15 is 0 Å². The highest BCUT2D eigenvalue weighted by Gasteiger charge is 2.20. The molecule has 0 aromatic heterocycles. The lowest BCUT2D eigenvalue weighted by Gasteiger charge is -2.28. The second kappa shape index (κ2) is 44.6. The third-order valence-electron chi connectivity index (χ3n) is 11.2. The van der Waals surface area contributed by atoms with Gasteiger partial charge in [-0.2, -0.15) is 0 Å². The van der Waals surface area contributed by atoms with Crippen molar-refractivity contribution in [2.75, 3.05) is 54.1 Å². The number of unbranched alkanes of at least 4 members (excludes halogenated alkanes) is 30. The average Bonchev–Trinajstić information content (AvgIpc) is 3.20. The summed E-state index contributed by atoms with van der Waals surface area (Å²) in [6.07, 6.45) is 52.1. The van der Waals surface area contributed by atoms with Gasteiger partial charge in [-0.1, -0.05) is 192 Å². The summed E-state index contributed by atoms with van der Waals surface area (Å²) in [6.45, 7) is 5.41. The zero-order valence-corrected chi connectivity index (χ0v) is 41.3. The Labute approximate surface area is 373 Å². The summed E-state index contributed by atoms with van der Waals surface area (Å²) < 4.78 is 34.7. The third-order valence-corrected chi connectivity index (χ3v) is 12.2. The summed E-state index contributed by atoms with van der Waals surface area (Å²) in [6, 6.07) is 0. The largest absolute Gasteiger partial charge is 0.756 e. The number of hydrogen-bond donors (Lipinski definition) is 0. The summed E-state index contributed by atoms with van der Waals surface area (Å²) in [5.74, 6) is -0.341. The molecule has 0 aliphatic heterocycles. The first-order valence-electron chi connectivity index (χ1n) is 25.6. The molecule has 0 aliphatic rings. The van der Waals surface area contributed by atoms with Gasteiger partial charge in [-0.05, 0) is 64.2 Å². The van der Waals surface area contributed by atoms with Gasteiger partial charge in [0.15, 0.2) is 0 Å². The highest BCUT2D eigenvalue weighted by molar-refractivity contribution is 7.45. The first kappa shape index (κ1) is 59.0. The van der Waals surface area contributed by atoms with Crippen LogP contribution in [-0.4, -0.2) is 70.7 Å². The van der Waals surface area contributed by atoms with Gasteiger partial charge in [0.25, 0.3) is 7.82 Å². The van der Waals surface area contributed by atoms with Crippen molar-refractivity contribution in [3.63, 3.8) is 0 Å². The smallest absolute Gasteiger partial charge is 0.306 e. The second-order valence-electron chi connectivity index (χ2n) is 18.5. The van der Waals surface area contributed by atoms with E-state index in [2.05, 4.69) is 38.2 Å². The number of rotatable bonds is 48. The molecular formula is C51H100NO7P. The molecule has 0 bridgehead atoms. The van der Waals surface area contributed by atoms with E-state index in [1.54, 1.807) is 0 Å². The Morgan fingerprint density at radius 2 is 0.867 bits per heavy atom. The molecule has 0 amide bonds. The van der Waals surface area contributed by atoms with Crippen molar-refractivity contribution in [1.82, 2.24) is 0 Å². The van der Waals surface area contributed by atoms with E-state index < -0.39 is 13.9 Å². The summed E-state index contributed by atoms with van der Waals surface area (Å²) in [5.41, 5.74) is 0. The molecule has 60 heavy (non-hydrogen) atoms. The highest BCUT2D eigenvalue weighted by atomic mass is 31.2. The fourth-order valence-corrected chi connectivity index (χ4v) is 7.97. The lowest BCUT2D eigenvalue weighted by atomic mass is 10.0. The van der Waals surface area contributed by atoms with E-state index in [-0.39, 0.29) is 25.8 Å². The zero-order valence-electron chi connectivity index (χ0n) is 40.4. The molecule has 0 saturated heterocycles. The molecule has 0 aromatic rings. The van der Waals surface area contributed by atoms with Crippen molar-refractivity contribution in [2.24, 2.45) is 0 Å². The minimum atomic E-state index is -4.53. The number of phosphoric ester groups is 1. The average molecular weight is 870 g/mol. The number of ether oxygens (including phenoxy) is 2. The summed E-state index contributed by atoms with van der Waals surface area (Å²) >= 11 is 0. The second-order valence-corrected chi connectivity index (χ2v) is 19.9. The number of likely N-dealkylation sites (N-methyl/N-ethyl adjacent to an activating group) is 1. The van der Waals surface area contributed by atoms with Gasteiger partial charge < -0.3 is 27.9 Å². The van der Waals surface area contributed by atoms with E-state index in [9.17, 15) is 14.3 Å². The van der Waals surface area contributed by atoms with Crippen LogP contribution in [0, 0.1) is 0 Å². The van der Waals surface area contributed by atoms with Gasteiger partial charge in [0.05, 0.1) is 34.4 Å². The monoisotopic (exact) mass is 870 g/mol. The number of hydrogen-bond acceptors (Lipinski definition) is 7.